The highest BCUT2D eigenvalue weighted by molar-refractivity contribution is 5.99. The number of furan rings is 1. The molecule has 3 aromatic rings. The normalized spacial score (nSPS) is 13.9. The first-order valence-corrected chi connectivity index (χ1v) is 9.62. The molecule has 0 aliphatic carbocycles. The number of aryl methyl sites for hydroxylation is 1. The average Bonchev–Trinajstić information content (AvgIpc) is 3.16. The lowest BCUT2D eigenvalue weighted by Crippen LogP contribution is -2.49. The Morgan fingerprint density at radius 2 is 2.00 bits per heavy atom. The smallest absolute Gasteiger partial charge is 0.290 e. The molecule has 30 heavy (non-hydrogen) atoms. The van der Waals surface area contributed by atoms with E-state index in [0.717, 1.165) is 0 Å². The van der Waals surface area contributed by atoms with Crippen molar-refractivity contribution >= 4 is 34.4 Å². The predicted octanol–water partition coefficient (Wildman–Crippen LogP) is 2.72. The third kappa shape index (κ3) is 4.32. The van der Waals surface area contributed by atoms with E-state index in [0.29, 0.717) is 41.7 Å². The topological polar surface area (TPSA) is 91.7 Å². The SMILES string of the molecule is O=C1CN(C(=O)c2cc3cc(NC(=O)CCc4ccccc4F)ccc3o2)CCN1. The Hall–Kier alpha value is -3.68. The second-order valence-corrected chi connectivity index (χ2v) is 7.08. The summed E-state index contributed by atoms with van der Waals surface area (Å²) >= 11 is 0. The molecule has 1 aliphatic heterocycles. The second-order valence-electron chi connectivity index (χ2n) is 7.08. The highest BCUT2D eigenvalue weighted by Crippen LogP contribution is 2.24. The molecule has 1 saturated heterocycles. The maximum absolute atomic E-state index is 13.7. The van der Waals surface area contributed by atoms with Gasteiger partial charge in [0.1, 0.15) is 17.9 Å². The van der Waals surface area contributed by atoms with Crippen molar-refractivity contribution in [2.24, 2.45) is 0 Å². The van der Waals surface area contributed by atoms with Crippen LogP contribution < -0.4 is 10.6 Å². The molecule has 4 rings (SSSR count). The van der Waals surface area contributed by atoms with Crippen LogP contribution in [0.1, 0.15) is 22.5 Å². The van der Waals surface area contributed by atoms with Gasteiger partial charge >= 0.3 is 0 Å². The van der Waals surface area contributed by atoms with Gasteiger partial charge < -0.3 is 20.0 Å². The van der Waals surface area contributed by atoms with Crippen molar-refractivity contribution in [3.8, 4) is 0 Å². The monoisotopic (exact) mass is 409 g/mol. The molecule has 2 N–H and O–H groups in total. The molecule has 0 saturated carbocycles. The molecule has 8 heteroatoms. The fraction of sp³-hybridized carbons (Fsp3) is 0.227. The number of rotatable bonds is 5. The number of anilines is 1. The fourth-order valence-electron chi connectivity index (χ4n) is 3.37. The summed E-state index contributed by atoms with van der Waals surface area (Å²) in [6.45, 7) is 0.831. The Morgan fingerprint density at radius 1 is 1.17 bits per heavy atom. The van der Waals surface area contributed by atoms with Crippen molar-refractivity contribution in [3.05, 3.63) is 65.7 Å². The summed E-state index contributed by atoms with van der Waals surface area (Å²) in [7, 11) is 0. The van der Waals surface area contributed by atoms with Crippen LogP contribution in [0.25, 0.3) is 11.0 Å². The summed E-state index contributed by atoms with van der Waals surface area (Å²) < 4.78 is 19.3. The van der Waals surface area contributed by atoms with E-state index in [1.165, 1.54) is 11.0 Å². The lowest BCUT2D eigenvalue weighted by atomic mass is 10.1. The van der Waals surface area contributed by atoms with Crippen molar-refractivity contribution in [2.75, 3.05) is 25.0 Å². The van der Waals surface area contributed by atoms with E-state index in [1.54, 1.807) is 42.5 Å². The molecule has 2 heterocycles. The van der Waals surface area contributed by atoms with Crippen LogP contribution in [0.2, 0.25) is 0 Å². The first kappa shape index (κ1) is 19.6. The van der Waals surface area contributed by atoms with Crippen LogP contribution >= 0.6 is 0 Å². The van der Waals surface area contributed by atoms with Crippen LogP contribution in [0.15, 0.2) is 52.9 Å². The van der Waals surface area contributed by atoms with Gasteiger partial charge in [0.15, 0.2) is 5.76 Å². The molecular weight excluding hydrogens is 389 g/mol. The maximum atomic E-state index is 13.7. The molecule has 0 bridgehead atoms. The largest absolute Gasteiger partial charge is 0.451 e. The van der Waals surface area contributed by atoms with Crippen LogP contribution in [0.4, 0.5) is 10.1 Å². The molecule has 1 aromatic heterocycles. The van der Waals surface area contributed by atoms with E-state index < -0.39 is 0 Å². The molecular formula is C22H20FN3O4. The van der Waals surface area contributed by atoms with Crippen molar-refractivity contribution in [3.63, 3.8) is 0 Å². The predicted molar refractivity (Wildman–Crippen MR) is 108 cm³/mol. The van der Waals surface area contributed by atoms with Crippen molar-refractivity contribution in [1.82, 2.24) is 10.2 Å². The van der Waals surface area contributed by atoms with Gasteiger partial charge in [-0.3, -0.25) is 14.4 Å². The van der Waals surface area contributed by atoms with Crippen molar-refractivity contribution in [1.29, 1.82) is 0 Å². The van der Waals surface area contributed by atoms with Crippen molar-refractivity contribution < 1.29 is 23.2 Å². The molecule has 3 amide bonds. The number of carbonyl (C=O) groups excluding carboxylic acids is 3. The number of nitrogens with zero attached hydrogens (tertiary/aromatic N) is 1. The number of fused-ring (bicyclic) bond motifs is 1. The molecule has 154 valence electrons. The Balaban J connectivity index is 1.42. The highest BCUT2D eigenvalue weighted by atomic mass is 19.1. The zero-order chi connectivity index (χ0) is 21.1. The van der Waals surface area contributed by atoms with Gasteiger partial charge in [0.25, 0.3) is 5.91 Å². The molecule has 0 atom stereocenters. The van der Waals surface area contributed by atoms with Gasteiger partial charge in [0.2, 0.25) is 11.8 Å². The molecule has 1 aliphatic rings. The summed E-state index contributed by atoms with van der Waals surface area (Å²) in [4.78, 5) is 37.7. The molecule has 0 unspecified atom stereocenters. The summed E-state index contributed by atoms with van der Waals surface area (Å²) in [5.74, 6) is -0.976. The fourth-order valence-corrected chi connectivity index (χ4v) is 3.37. The third-order valence-corrected chi connectivity index (χ3v) is 4.92. The molecule has 0 spiro atoms. The van der Waals surface area contributed by atoms with Gasteiger partial charge in [0, 0.05) is 30.6 Å². The minimum Gasteiger partial charge on any atom is -0.451 e. The van der Waals surface area contributed by atoms with E-state index in [1.807, 2.05) is 0 Å². The van der Waals surface area contributed by atoms with E-state index in [4.69, 9.17) is 4.42 Å². The van der Waals surface area contributed by atoms with Crippen LogP contribution in [-0.2, 0) is 16.0 Å². The van der Waals surface area contributed by atoms with Crippen LogP contribution in [0.3, 0.4) is 0 Å². The van der Waals surface area contributed by atoms with Gasteiger partial charge in [0.05, 0.1) is 0 Å². The lowest BCUT2D eigenvalue weighted by Gasteiger charge is -2.25. The Morgan fingerprint density at radius 3 is 2.80 bits per heavy atom. The number of hydrogen-bond donors (Lipinski definition) is 2. The molecule has 7 nitrogen and oxygen atoms in total. The summed E-state index contributed by atoms with van der Waals surface area (Å²) in [6.07, 6.45) is 0.444. The molecule has 2 aromatic carbocycles. The Kier molecular flexibility index (Phi) is 5.47. The van der Waals surface area contributed by atoms with Crippen molar-refractivity contribution in [2.45, 2.75) is 12.8 Å². The van der Waals surface area contributed by atoms with Gasteiger partial charge in [-0.05, 0) is 42.3 Å². The number of benzene rings is 2. The third-order valence-electron chi connectivity index (χ3n) is 4.92. The number of halogens is 1. The van der Waals surface area contributed by atoms with Crippen LogP contribution in [0.5, 0.6) is 0 Å². The van der Waals surface area contributed by atoms with Gasteiger partial charge in [-0.2, -0.15) is 0 Å². The zero-order valence-electron chi connectivity index (χ0n) is 16.1. The molecule has 0 radical (unpaired) electrons. The summed E-state index contributed by atoms with van der Waals surface area (Å²) in [5, 5.41) is 6.11. The zero-order valence-corrected chi connectivity index (χ0v) is 16.1. The number of hydrogen-bond acceptors (Lipinski definition) is 4. The average molecular weight is 409 g/mol. The minimum absolute atomic E-state index is 0.000799. The van der Waals surface area contributed by atoms with Crippen LogP contribution in [0, 0.1) is 5.82 Å². The Bertz CT molecular complexity index is 1120. The first-order valence-electron chi connectivity index (χ1n) is 9.62. The Labute approximate surface area is 171 Å². The first-order chi connectivity index (χ1) is 14.5. The summed E-state index contributed by atoms with van der Waals surface area (Å²) in [5.41, 5.74) is 1.55. The van der Waals surface area contributed by atoms with Gasteiger partial charge in [-0.1, -0.05) is 18.2 Å². The second kappa shape index (κ2) is 8.36. The number of piperazine rings is 1. The summed E-state index contributed by atoms with van der Waals surface area (Å²) in [6, 6.07) is 13.0. The molecule has 1 fully saturated rings. The minimum atomic E-state index is -0.350. The quantitative estimate of drug-likeness (QED) is 0.678. The standard InChI is InChI=1S/C22H20FN3O4/c23-17-4-2-1-3-14(17)5-8-20(27)25-16-6-7-18-15(11-16)12-19(30-18)22(29)26-10-9-24-21(28)13-26/h1-4,6-7,11-12H,5,8-10,13H2,(H,24,28)(H,25,27). The lowest BCUT2D eigenvalue weighted by molar-refractivity contribution is -0.123. The van der Waals surface area contributed by atoms with Crippen LogP contribution in [-0.4, -0.2) is 42.3 Å². The number of nitrogens with one attached hydrogen (secondary N) is 2. The van der Waals surface area contributed by atoms with E-state index in [-0.39, 0.29) is 42.3 Å². The number of amides is 3. The van der Waals surface area contributed by atoms with E-state index in [9.17, 15) is 18.8 Å². The highest BCUT2D eigenvalue weighted by Gasteiger charge is 2.25. The van der Waals surface area contributed by atoms with E-state index in [2.05, 4.69) is 10.6 Å². The maximum Gasteiger partial charge on any atom is 0.290 e. The van der Waals surface area contributed by atoms with E-state index >= 15 is 0 Å². The van der Waals surface area contributed by atoms with Gasteiger partial charge in [-0.15, -0.1) is 0 Å². The van der Waals surface area contributed by atoms with Gasteiger partial charge in [-0.25, -0.2) is 4.39 Å². The number of carbonyl (C=O) groups is 3.